The third-order valence-corrected chi connectivity index (χ3v) is 5.52. The third kappa shape index (κ3) is 6.41. The summed E-state index contributed by atoms with van der Waals surface area (Å²) in [7, 11) is 0. The van der Waals surface area contributed by atoms with Crippen LogP contribution in [0.2, 0.25) is 0 Å². The van der Waals surface area contributed by atoms with Gasteiger partial charge in [-0.15, -0.1) is 0 Å². The first-order chi connectivity index (χ1) is 12.3. The maximum absolute atomic E-state index is 10.2. The van der Waals surface area contributed by atoms with Gasteiger partial charge in [-0.2, -0.15) is 0 Å². The van der Waals surface area contributed by atoms with E-state index >= 15 is 0 Å². The molecular formula is C23H37NO. The first-order valence-electron chi connectivity index (χ1n) is 10.5. The Labute approximate surface area is 154 Å². The number of aromatic nitrogens is 1. The molecule has 0 radical (unpaired) electrons. The normalized spacial score (nSPS) is 11.6. The number of aryl methyl sites for hydroxylation is 1. The highest BCUT2D eigenvalue weighted by molar-refractivity contribution is 5.88. The average Bonchev–Trinajstić information content (AvgIpc) is 3.04. The molecule has 0 fully saturated rings. The number of H-pyrrole nitrogens is 1. The van der Waals surface area contributed by atoms with E-state index in [0.29, 0.717) is 5.75 Å². The topological polar surface area (TPSA) is 36.0 Å². The fourth-order valence-electron chi connectivity index (χ4n) is 3.94. The van der Waals surface area contributed by atoms with E-state index in [9.17, 15) is 5.11 Å². The standard InChI is InChI=1S/C23H37NO/c1-3-5-7-9-12-19(13-10-8-6-4-2)16-17-20-18-24-21-14-11-15-22(25)23(20)21/h11,14-15,18-19,24-25H,3-10,12-13,16-17H2,1-2H3. The first kappa shape index (κ1) is 19.9. The lowest BCUT2D eigenvalue weighted by molar-refractivity contribution is 0.383. The van der Waals surface area contributed by atoms with Crippen LogP contribution in [0.15, 0.2) is 24.4 Å². The molecule has 2 aromatic rings. The Balaban J connectivity index is 1.89. The van der Waals surface area contributed by atoms with E-state index in [1.54, 1.807) is 6.07 Å². The molecule has 1 aromatic carbocycles. The predicted molar refractivity (Wildman–Crippen MR) is 109 cm³/mol. The Hall–Kier alpha value is -1.44. The number of aromatic amines is 1. The number of benzene rings is 1. The quantitative estimate of drug-likeness (QED) is 0.366. The second-order valence-electron chi connectivity index (χ2n) is 7.62. The zero-order valence-electron chi connectivity index (χ0n) is 16.3. The van der Waals surface area contributed by atoms with E-state index in [0.717, 1.165) is 23.2 Å². The van der Waals surface area contributed by atoms with Crippen molar-refractivity contribution in [2.45, 2.75) is 90.9 Å². The van der Waals surface area contributed by atoms with E-state index in [1.165, 1.54) is 76.2 Å². The summed E-state index contributed by atoms with van der Waals surface area (Å²) in [4.78, 5) is 3.31. The van der Waals surface area contributed by atoms with Crippen LogP contribution in [0.4, 0.5) is 0 Å². The molecule has 0 unspecified atom stereocenters. The molecule has 140 valence electrons. The summed E-state index contributed by atoms with van der Waals surface area (Å²) >= 11 is 0. The molecule has 2 N–H and O–H groups in total. The minimum absolute atomic E-state index is 0.413. The Morgan fingerprint density at radius 3 is 2.20 bits per heavy atom. The highest BCUT2D eigenvalue weighted by Gasteiger charge is 2.12. The molecule has 2 nitrogen and oxygen atoms in total. The smallest absolute Gasteiger partial charge is 0.125 e. The molecule has 1 heterocycles. The molecule has 0 saturated heterocycles. The average molecular weight is 344 g/mol. The van der Waals surface area contributed by atoms with Gasteiger partial charge in [-0.3, -0.25) is 0 Å². The van der Waals surface area contributed by atoms with Crippen molar-refractivity contribution in [3.63, 3.8) is 0 Å². The summed E-state index contributed by atoms with van der Waals surface area (Å²) in [5, 5.41) is 11.2. The number of unbranched alkanes of at least 4 members (excludes halogenated alkanes) is 6. The number of phenolic OH excluding ortho intramolecular Hbond substituents is 1. The number of phenols is 1. The van der Waals surface area contributed by atoms with Crippen molar-refractivity contribution in [2.24, 2.45) is 5.92 Å². The van der Waals surface area contributed by atoms with Crippen molar-refractivity contribution < 1.29 is 5.11 Å². The minimum atomic E-state index is 0.413. The maximum atomic E-state index is 10.2. The van der Waals surface area contributed by atoms with Gasteiger partial charge in [-0.1, -0.05) is 84.1 Å². The molecule has 0 aliphatic carbocycles. The van der Waals surface area contributed by atoms with Gasteiger partial charge in [0, 0.05) is 17.1 Å². The molecule has 1 aromatic heterocycles. The number of fused-ring (bicyclic) bond motifs is 1. The van der Waals surface area contributed by atoms with E-state index < -0.39 is 0 Å². The largest absolute Gasteiger partial charge is 0.507 e. The second kappa shape index (κ2) is 11.2. The third-order valence-electron chi connectivity index (χ3n) is 5.52. The zero-order valence-corrected chi connectivity index (χ0v) is 16.3. The molecule has 0 atom stereocenters. The fourth-order valence-corrected chi connectivity index (χ4v) is 3.94. The Kier molecular flexibility index (Phi) is 8.93. The molecule has 0 amide bonds. The molecule has 2 rings (SSSR count). The molecule has 25 heavy (non-hydrogen) atoms. The van der Waals surface area contributed by atoms with Crippen molar-refractivity contribution in [1.29, 1.82) is 0 Å². The van der Waals surface area contributed by atoms with Gasteiger partial charge >= 0.3 is 0 Å². The summed E-state index contributed by atoms with van der Waals surface area (Å²) < 4.78 is 0. The van der Waals surface area contributed by atoms with Gasteiger partial charge in [-0.25, -0.2) is 0 Å². The maximum Gasteiger partial charge on any atom is 0.125 e. The van der Waals surface area contributed by atoms with Crippen LogP contribution in [0, 0.1) is 5.92 Å². The molecule has 0 aliphatic rings. The molecular weight excluding hydrogens is 306 g/mol. The van der Waals surface area contributed by atoms with Gasteiger partial charge < -0.3 is 10.1 Å². The van der Waals surface area contributed by atoms with Gasteiger partial charge in [0.15, 0.2) is 0 Å². The fraction of sp³-hybridized carbons (Fsp3) is 0.652. The van der Waals surface area contributed by atoms with Crippen molar-refractivity contribution in [2.75, 3.05) is 0 Å². The second-order valence-corrected chi connectivity index (χ2v) is 7.62. The first-order valence-corrected chi connectivity index (χ1v) is 10.5. The van der Waals surface area contributed by atoms with Gasteiger partial charge in [0.1, 0.15) is 5.75 Å². The number of rotatable bonds is 13. The lowest BCUT2D eigenvalue weighted by atomic mass is 9.89. The summed E-state index contributed by atoms with van der Waals surface area (Å²) in [6.45, 7) is 4.57. The summed E-state index contributed by atoms with van der Waals surface area (Å²) in [6.07, 6.45) is 18.1. The Bertz CT molecular complexity index is 589. The van der Waals surface area contributed by atoms with Crippen LogP contribution in [0.5, 0.6) is 5.75 Å². The lowest BCUT2D eigenvalue weighted by Crippen LogP contribution is -2.03. The molecule has 0 saturated carbocycles. The number of hydrogen-bond donors (Lipinski definition) is 2. The Morgan fingerprint density at radius 2 is 1.56 bits per heavy atom. The molecule has 0 spiro atoms. The van der Waals surface area contributed by atoms with Crippen LogP contribution in [0.25, 0.3) is 10.9 Å². The monoisotopic (exact) mass is 343 g/mol. The summed E-state index contributed by atoms with van der Waals surface area (Å²) in [5.41, 5.74) is 2.33. The molecule has 2 heteroatoms. The van der Waals surface area contributed by atoms with E-state index in [-0.39, 0.29) is 0 Å². The van der Waals surface area contributed by atoms with Crippen LogP contribution in [0.3, 0.4) is 0 Å². The van der Waals surface area contributed by atoms with E-state index in [2.05, 4.69) is 25.0 Å². The lowest BCUT2D eigenvalue weighted by Gasteiger charge is -2.17. The van der Waals surface area contributed by atoms with Gasteiger partial charge in [0.2, 0.25) is 0 Å². The highest BCUT2D eigenvalue weighted by Crippen LogP contribution is 2.30. The zero-order chi connectivity index (χ0) is 17.9. The molecule has 0 aliphatic heterocycles. The van der Waals surface area contributed by atoms with Crippen molar-refractivity contribution in [1.82, 2.24) is 4.98 Å². The van der Waals surface area contributed by atoms with Gasteiger partial charge in [-0.05, 0) is 36.5 Å². The minimum Gasteiger partial charge on any atom is -0.507 e. The molecule has 0 bridgehead atoms. The Morgan fingerprint density at radius 1 is 0.880 bits per heavy atom. The predicted octanol–water partition coefficient (Wildman–Crippen LogP) is 7.36. The van der Waals surface area contributed by atoms with Gasteiger partial charge in [0.05, 0.1) is 0 Å². The highest BCUT2D eigenvalue weighted by atomic mass is 16.3. The van der Waals surface area contributed by atoms with Crippen molar-refractivity contribution >= 4 is 10.9 Å². The van der Waals surface area contributed by atoms with Crippen molar-refractivity contribution in [3.05, 3.63) is 30.0 Å². The summed E-state index contributed by atoms with van der Waals surface area (Å²) in [6, 6.07) is 5.75. The van der Waals surface area contributed by atoms with Crippen LogP contribution in [-0.4, -0.2) is 10.1 Å². The SMILES string of the molecule is CCCCCCC(CCCCCC)CCc1c[nH]c2cccc(O)c12. The van der Waals surface area contributed by atoms with Crippen LogP contribution >= 0.6 is 0 Å². The number of aromatic hydroxyl groups is 1. The van der Waals surface area contributed by atoms with E-state index in [1.807, 2.05) is 12.1 Å². The summed E-state index contributed by atoms with van der Waals surface area (Å²) in [5.74, 6) is 1.25. The van der Waals surface area contributed by atoms with E-state index in [4.69, 9.17) is 0 Å². The van der Waals surface area contributed by atoms with Gasteiger partial charge in [0.25, 0.3) is 0 Å². The van der Waals surface area contributed by atoms with Crippen LogP contribution < -0.4 is 0 Å². The van der Waals surface area contributed by atoms with Crippen molar-refractivity contribution in [3.8, 4) is 5.75 Å². The van der Waals surface area contributed by atoms with Crippen LogP contribution in [0.1, 0.15) is 90.0 Å². The number of hydrogen-bond acceptors (Lipinski definition) is 1. The van der Waals surface area contributed by atoms with Crippen LogP contribution in [-0.2, 0) is 6.42 Å². The number of nitrogens with one attached hydrogen (secondary N) is 1.